The molecule has 3 rings (SSSR count). The largest absolute Gasteiger partial charge is 0.357 e. The number of fused-ring (bicyclic) bond motifs is 1. The Hall–Kier alpha value is -1.72. The SMILES string of the molecule is NC1CCC(NCc2cc(=O)c3cc(F)ccc3[nH]2)CC1. The van der Waals surface area contributed by atoms with Gasteiger partial charge in [0.2, 0.25) is 0 Å². The molecular weight excluding hydrogens is 269 g/mol. The first-order chi connectivity index (χ1) is 10.1. The predicted molar refractivity (Wildman–Crippen MR) is 81.6 cm³/mol. The lowest BCUT2D eigenvalue weighted by molar-refractivity contribution is 0.341. The van der Waals surface area contributed by atoms with E-state index in [1.807, 2.05) is 0 Å². The molecule has 0 spiro atoms. The molecule has 1 aliphatic carbocycles. The lowest BCUT2D eigenvalue weighted by atomic mass is 9.92. The third-order valence-electron chi connectivity index (χ3n) is 4.20. The lowest BCUT2D eigenvalue weighted by Gasteiger charge is -2.26. The number of rotatable bonds is 3. The molecular formula is C16H20FN3O. The molecule has 1 aliphatic rings. The summed E-state index contributed by atoms with van der Waals surface area (Å²) in [7, 11) is 0. The molecule has 4 nitrogen and oxygen atoms in total. The normalized spacial score (nSPS) is 22.6. The zero-order valence-corrected chi connectivity index (χ0v) is 11.9. The van der Waals surface area contributed by atoms with E-state index >= 15 is 0 Å². The molecule has 1 fully saturated rings. The van der Waals surface area contributed by atoms with Gasteiger partial charge in [0.05, 0.1) is 0 Å². The number of benzene rings is 1. The van der Waals surface area contributed by atoms with Crippen molar-refractivity contribution in [3.63, 3.8) is 0 Å². The zero-order valence-electron chi connectivity index (χ0n) is 11.9. The van der Waals surface area contributed by atoms with Gasteiger partial charge < -0.3 is 16.0 Å². The molecule has 0 aliphatic heterocycles. The summed E-state index contributed by atoms with van der Waals surface area (Å²) >= 11 is 0. The highest BCUT2D eigenvalue weighted by Gasteiger charge is 2.17. The fourth-order valence-corrected chi connectivity index (χ4v) is 2.95. The van der Waals surface area contributed by atoms with Crippen LogP contribution in [0.3, 0.4) is 0 Å². The number of nitrogens with one attached hydrogen (secondary N) is 2. The van der Waals surface area contributed by atoms with E-state index in [2.05, 4.69) is 10.3 Å². The van der Waals surface area contributed by atoms with E-state index in [1.165, 1.54) is 12.1 Å². The van der Waals surface area contributed by atoms with Crippen LogP contribution >= 0.6 is 0 Å². The number of H-pyrrole nitrogens is 1. The van der Waals surface area contributed by atoms with Gasteiger partial charge in [0.1, 0.15) is 5.82 Å². The molecule has 0 saturated heterocycles. The minimum absolute atomic E-state index is 0.147. The molecule has 1 aromatic heterocycles. The van der Waals surface area contributed by atoms with Gasteiger partial charge in [0.15, 0.2) is 5.43 Å². The van der Waals surface area contributed by atoms with E-state index in [-0.39, 0.29) is 5.43 Å². The van der Waals surface area contributed by atoms with E-state index < -0.39 is 5.82 Å². The average molecular weight is 289 g/mol. The molecule has 1 saturated carbocycles. The van der Waals surface area contributed by atoms with Crippen molar-refractivity contribution in [3.8, 4) is 0 Å². The van der Waals surface area contributed by atoms with Crippen LogP contribution in [0.15, 0.2) is 29.1 Å². The quantitative estimate of drug-likeness (QED) is 0.809. The number of hydrogen-bond donors (Lipinski definition) is 3. The lowest BCUT2D eigenvalue weighted by Crippen LogP contribution is -2.37. The second-order valence-electron chi connectivity index (χ2n) is 5.84. The third-order valence-corrected chi connectivity index (χ3v) is 4.20. The minimum atomic E-state index is -0.391. The highest BCUT2D eigenvalue weighted by molar-refractivity contribution is 5.78. The van der Waals surface area contributed by atoms with Gasteiger partial charge in [-0.15, -0.1) is 0 Å². The monoisotopic (exact) mass is 289 g/mol. The molecule has 5 heteroatoms. The summed E-state index contributed by atoms with van der Waals surface area (Å²) in [6.45, 7) is 0.614. The third kappa shape index (κ3) is 3.31. The molecule has 2 aromatic rings. The highest BCUT2D eigenvalue weighted by atomic mass is 19.1. The van der Waals surface area contributed by atoms with Crippen LogP contribution in [0.2, 0.25) is 0 Å². The number of halogens is 1. The summed E-state index contributed by atoms with van der Waals surface area (Å²) in [5.74, 6) is -0.391. The maximum absolute atomic E-state index is 13.2. The van der Waals surface area contributed by atoms with Gasteiger partial charge >= 0.3 is 0 Å². The first kappa shape index (κ1) is 14.2. The Balaban J connectivity index is 1.73. The summed E-state index contributed by atoms with van der Waals surface area (Å²) in [4.78, 5) is 15.2. The topological polar surface area (TPSA) is 70.9 Å². The molecule has 112 valence electrons. The fourth-order valence-electron chi connectivity index (χ4n) is 2.95. The Morgan fingerprint density at radius 1 is 1.24 bits per heavy atom. The number of aromatic nitrogens is 1. The summed E-state index contributed by atoms with van der Waals surface area (Å²) in [6.07, 6.45) is 4.24. The first-order valence-corrected chi connectivity index (χ1v) is 7.42. The van der Waals surface area contributed by atoms with E-state index in [9.17, 15) is 9.18 Å². The Morgan fingerprint density at radius 2 is 2.00 bits per heavy atom. The van der Waals surface area contributed by atoms with Gasteiger partial charge in [-0.2, -0.15) is 0 Å². The molecule has 0 bridgehead atoms. The van der Waals surface area contributed by atoms with E-state index in [1.54, 1.807) is 12.1 Å². The van der Waals surface area contributed by atoms with Crippen LogP contribution in [-0.2, 0) is 6.54 Å². The van der Waals surface area contributed by atoms with Crippen LogP contribution in [0.5, 0.6) is 0 Å². The van der Waals surface area contributed by atoms with Gasteiger partial charge in [-0.3, -0.25) is 4.79 Å². The van der Waals surface area contributed by atoms with E-state index in [0.717, 1.165) is 31.4 Å². The fraction of sp³-hybridized carbons (Fsp3) is 0.438. The molecule has 1 heterocycles. The van der Waals surface area contributed by atoms with Crippen molar-refractivity contribution in [1.29, 1.82) is 0 Å². The van der Waals surface area contributed by atoms with Crippen LogP contribution in [0.1, 0.15) is 31.4 Å². The van der Waals surface area contributed by atoms with Crippen molar-refractivity contribution in [1.82, 2.24) is 10.3 Å². The molecule has 0 amide bonds. The molecule has 0 unspecified atom stereocenters. The number of aromatic amines is 1. The van der Waals surface area contributed by atoms with Crippen molar-refractivity contribution in [3.05, 3.63) is 46.0 Å². The first-order valence-electron chi connectivity index (χ1n) is 7.42. The smallest absolute Gasteiger partial charge is 0.189 e. The maximum atomic E-state index is 13.2. The predicted octanol–water partition coefficient (Wildman–Crippen LogP) is 2.03. The van der Waals surface area contributed by atoms with Gasteiger partial charge in [0.25, 0.3) is 0 Å². The Bertz CT molecular complexity index is 689. The van der Waals surface area contributed by atoms with Crippen LogP contribution in [0, 0.1) is 5.82 Å². The van der Waals surface area contributed by atoms with Crippen molar-refractivity contribution < 1.29 is 4.39 Å². The second-order valence-corrected chi connectivity index (χ2v) is 5.84. The van der Waals surface area contributed by atoms with E-state index in [4.69, 9.17) is 5.73 Å². The number of nitrogens with two attached hydrogens (primary N) is 1. The zero-order chi connectivity index (χ0) is 14.8. The summed E-state index contributed by atoms with van der Waals surface area (Å²) in [5.41, 5.74) is 7.25. The molecule has 4 N–H and O–H groups in total. The van der Waals surface area contributed by atoms with Crippen LogP contribution < -0.4 is 16.5 Å². The van der Waals surface area contributed by atoms with Gasteiger partial charge in [-0.25, -0.2) is 4.39 Å². The van der Waals surface area contributed by atoms with Gasteiger partial charge in [0, 0.05) is 41.3 Å². The highest BCUT2D eigenvalue weighted by Crippen LogP contribution is 2.17. The second kappa shape index (κ2) is 5.95. The number of hydrogen-bond acceptors (Lipinski definition) is 3. The van der Waals surface area contributed by atoms with Crippen molar-refractivity contribution in [2.45, 2.75) is 44.3 Å². The molecule has 1 aromatic carbocycles. The minimum Gasteiger partial charge on any atom is -0.357 e. The standard InChI is InChI=1S/C16H20FN3O/c17-10-1-6-15-14(7-10)16(21)8-13(20-15)9-19-12-4-2-11(18)3-5-12/h1,6-8,11-12,19H,2-5,9,18H2,(H,20,21). The Morgan fingerprint density at radius 3 is 2.76 bits per heavy atom. The van der Waals surface area contributed by atoms with Gasteiger partial charge in [-0.05, 0) is 43.9 Å². The van der Waals surface area contributed by atoms with Gasteiger partial charge in [-0.1, -0.05) is 0 Å². The summed E-state index contributed by atoms with van der Waals surface area (Å²) in [5, 5.41) is 3.85. The maximum Gasteiger partial charge on any atom is 0.189 e. The van der Waals surface area contributed by atoms with Crippen molar-refractivity contribution in [2.24, 2.45) is 5.73 Å². The summed E-state index contributed by atoms with van der Waals surface area (Å²) < 4.78 is 13.2. The average Bonchev–Trinajstić information content (AvgIpc) is 2.47. The number of pyridine rings is 1. The Kier molecular flexibility index (Phi) is 4.03. The van der Waals surface area contributed by atoms with Crippen LogP contribution in [0.4, 0.5) is 4.39 Å². The Labute approximate surface area is 122 Å². The summed E-state index contributed by atoms with van der Waals surface area (Å²) in [6, 6.07) is 6.57. The van der Waals surface area contributed by atoms with Crippen molar-refractivity contribution >= 4 is 10.9 Å². The van der Waals surface area contributed by atoms with Crippen LogP contribution in [0.25, 0.3) is 10.9 Å². The van der Waals surface area contributed by atoms with Crippen molar-refractivity contribution in [2.75, 3.05) is 0 Å². The molecule has 21 heavy (non-hydrogen) atoms. The molecule has 0 atom stereocenters. The van der Waals surface area contributed by atoms with E-state index in [0.29, 0.717) is 29.5 Å². The molecule has 0 radical (unpaired) electrons. The van der Waals surface area contributed by atoms with Crippen LogP contribution in [-0.4, -0.2) is 17.1 Å².